The molecule has 1 heterocycles. The first-order valence-electron chi connectivity index (χ1n) is 11.5. The third-order valence-electron chi connectivity index (χ3n) is 6.19. The average molecular weight is 444 g/mol. The minimum Gasteiger partial charge on any atom is -0.481 e. The first kappa shape index (κ1) is 24.2. The Hall–Kier alpha value is -2.44. The van der Waals surface area contributed by atoms with E-state index in [1.54, 1.807) is 18.2 Å². The SMILES string of the molecule is CC(C)c1c(/C=C/[C@@H](O)C[C@@H](O)CC(=O)O)c(-c2ccc(F)cc2)cn1C1CCCCC1. The van der Waals surface area contributed by atoms with Crippen LogP contribution >= 0.6 is 0 Å². The minimum absolute atomic E-state index is 0.0466. The molecule has 0 amide bonds. The number of benzene rings is 1. The number of carboxylic acid groups (broad SMARTS) is 1. The maximum Gasteiger partial charge on any atom is 0.305 e. The number of halogens is 1. The molecule has 1 aliphatic rings. The molecular weight excluding hydrogens is 409 g/mol. The van der Waals surface area contributed by atoms with Crippen molar-refractivity contribution in [3.63, 3.8) is 0 Å². The number of hydrogen-bond donors (Lipinski definition) is 3. The van der Waals surface area contributed by atoms with Gasteiger partial charge in [-0.05, 0) is 36.5 Å². The molecule has 0 aliphatic heterocycles. The zero-order valence-electron chi connectivity index (χ0n) is 18.9. The minimum atomic E-state index is -1.11. The van der Waals surface area contributed by atoms with Gasteiger partial charge in [0.05, 0.1) is 18.6 Å². The summed E-state index contributed by atoms with van der Waals surface area (Å²) in [5.41, 5.74) is 4.03. The molecule has 3 N–H and O–H groups in total. The fourth-order valence-corrected chi connectivity index (χ4v) is 4.71. The Morgan fingerprint density at radius 3 is 2.41 bits per heavy atom. The van der Waals surface area contributed by atoms with Gasteiger partial charge in [0.15, 0.2) is 0 Å². The standard InChI is InChI=1S/C26H34FNO4/c1-17(2)26-23(13-12-21(29)14-22(30)15-25(31)32)24(18-8-10-19(27)11-9-18)16-28(26)20-6-4-3-5-7-20/h8-13,16-17,20-22,29-30H,3-7,14-15H2,1-2H3,(H,31,32)/b13-12+/t21-,22-/m1/s1. The quantitative estimate of drug-likeness (QED) is 0.476. The monoisotopic (exact) mass is 443 g/mol. The fourth-order valence-electron chi connectivity index (χ4n) is 4.71. The smallest absolute Gasteiger partial charge is 0.305 e. The normalized spacial score (nSPS) is 17.2. The molecular formula is C26H34FNO4. The Balaban J connectivity index is 2.00. The van der Waals surface area contributed by atoms with Gasteiger partial charge in [-0.15, -0.1) is 0 Å². The molecule has 0 bridgehead atoms. The largest absolute Gasteiger partial charge is 0.481 e. The molecule has 1 aliphatic carbocycles. The second-order valence-electron chi connectivity index (χ2n) is 9.12. The molecule has 1 aromatic heterocycles. The van der Waals surface area contributed by atoms with E-state index >= 15 is 0 Å². The van der Waals surface area contributed by atoms with E-state index in [0.717, 1.165) is 29.5 Å². The van der Waals surface area contributed by atoms with E-state index in [2.05, 4.69) is 24.6 Å². The number of nitrogens with zero attached hydrogens (tertiary/aromatic N) is 1. The van der Waals surface area contributed by atoms with Crippen LogP contribution < -0.4 is 0 Å². The Morgan fingerprint density at radius 1 is 1.16 bits per heavy atom. The van der Waals surface area contributed by atoms with Crippen LogP contribution in [0, 0.1) is 5.82 Å². The average Bonchev–Trinajstić information content (AvgIpc) is 3.12. The van der Waals surface area contributed by atoms with Gasteiger partial charge in [0.25, 0.3) is 0 Å². The lowest BCUT2D eigenvalue weighted by atomic mass is 9.94. The first-order valence-corrected chi connectivity index (χ1v) is 11.5. The van der Waals surface area contributed by atoms with Gasteiger partial charge in [0.1, 0.15) is 5.82 Å². The molecule has 32 heavy (non-hydrogen) atoms. The molecule has 2 atom stereocenters. The Labute approximate surface area is 189 Å². The second kappa shape index (κ2) is 10.9. The van der Waals surface area contributed by atoms with Crippen molar-refractivity contribution >= 4 is 12.0 Å². The Bertz CT molecular complexity index is 926. The van der Waals surface area contributed by atoms with E-state index in [1.165, 1.54) is 37.1 Å². The van der Waals surface area contributed by atoms with Crippen molar-refractivity contribution in [3.05, 3.63) is 53.6 Å². The Kier molecular flexibility index (Phi) is 8.26. The van der Waals surface area contributed by atoms with Crippen LogP contribution in [0.2, 0.25) is 0 Å². The van der Waals surface area contributed by atoms with Gasteiger partial charge in [-0.1, -0.05) is 57.4 Å². The van der Waals surface area contributed by atoms with Crippen LogP contribution in [0.15, 0.2) is 36.5 Å². The molecule has 1 saturated carbocycles. The van der Waals surface area contributed by atoms with Gasteiger partial charge >= 0.3 is 5.97 Å². The Morgan fingerprint density at radius 2 is 1.81 bits per heavy atom. The van der Waals surface area contributed by atoms with E-state index in [1.807, 2.05) is 6.08 Å². The third kappa shape index (κ3) is 6.08. The molecule has 6 heteroatoms. The molecule has 0 unspecified atom stereocenters. The van der Waals surface area contributed by atoms with Crippen molar-refractivity contribution in [1.29, 1.82) is 0 Å². The predicted molar refractivity (Wildman–Crippen MR) is 124 cm³/mol. The van der Waals surface area contributed by atoms with Crippen LogP contribution in [0.1, 0.15) is 82.0 Å². The van der Waals surface area contributed by atoms with Crippen molar-refractivity contribution in [2.24, 2.45) is 0 Å². The van der Waals surface area contributed by atoms with Gasteiger partial charge in [0, 0.05) is 35.5 Å². The predicted octanol–water partition coefficient (Wildman–Crippen LogP) is 5.52. The van der Waals surface area contributed by atoms with Gasteiger partial charge in [-0.25, -0.2) is 4.39 Å². The lowest BCUT2D eigenvalue weighted by Crippen LogP contribution is -2.19. The molecule has 5 nitrogen and oxygen atoms in total. The second-order valence-corrected chi connectivity index (χ2v) is 9.12. The number of rotatable bonds is 9. The van der Waals surface area contributed by atoms with Gasteiger partial charge in [-0.3, -0.25) is 4.79 Å². The summed E-state index contributed by atoms with van der Waals surface area (Å²) in [5, 5.41) is 29.1. The van der Waals surface area contributed by atoms with Crippen LogP contribution in [-0.4, -0.2) is 38.1 Å². The molecule has 3 rings (SSSR count). The van der Waals surface area contributed by atoms with Crippen LogP contribution in [0.5, 0.6) is 0 Å². The lowest BCUT2D eigenvalue weighted by Gasteiger charge is -2.27. The van der Waals surface area contributed by atoms with Crippen molar-refractivity contribution in [2.45, 2.75) is 83.0 Å². The highest BCUT2D eigenvalue weighted by Gasteiger charge is 2.24. The van der Waals surface area contributed by atoms with Gasteiger partial charge < -0.3 is 19.9 Å². The highest BCUT2D eigenvalue weighted by Crippen LogP contribution is 2.39. The molecule has 2 aromatic rings. The third-order valence-corrected chi connectivity index (χ3v) is 6.19. The molecule has 1 fully saturated rings. The van der Waals surface area contributed by atoms with Crippen LogP contribution in [0.25, 0.3) is 17.2 Å². The van der Waals surface area contributed by atoms with E-state index in [9.17, 15) is 19.4 Å². The summed E-state index contributed by atoms with van der Waals surface area (Å²) in [5.74, 6) is -1.15. The summed E-state index contributed by atoms with van der Waals surface area (Å²) >= 11 is 0. The highest BCUT2D eigenvalue weighted by molar-refractivity contribution is 5.77. The summed E-state index contributed by atoms with van der Waals surface area (Å²) in [6.07, 6.45) is 9.04. The molecule has 1 aromatic carbocycles. The first-order chi connectivity index (χ1) is 15.3. The summed E-state index contributed by atoms with van der Waals surface area (Å²) in [4.78, 5) is 10.8. The number of aliphatic hydroxyl groups excluding tert-OH is 2. The van der Waals surface area contributed by atoms with E-state index in [-0.39, 0.29) is 18.2 Å². The fraction of sp³-hybridized carbons (Fsp3) is 0.500. The number of aliphatic carboxylic acids is 1. The molecule has 0 spiro atoms. The summed E-state index contributed by atoms with van der Waals surface area (Å²) in [6.45, 7) is 4.29. The van der Waals surface area contributed by atoms with E-state index in [4.69, 9.17) is 5.11 Å². The summed E-state index contributed by atoms with van der Waals surface area (Å²) < 4.78 is 15.9. The maximum atomic E-state index is 13.6. The van der Waals surface area contributed by atoms with Crippen molar-refractivity contribution in [2.75, 3.05) is 0 Å². The molecule has 0 radical (unpaired) electrons. The zero-order valence-corrected chi connectivity index (χ0v) is 18.9. The van der Waals surface area contributed by atoms with Crippen molar-refractivity contribution < 1.29 is 24.5 Å². The summed E-state index contributed by atoms with van der Waals surface area (Å²) in [6, 6.07) is 6.86. The van der Waals surface area contributed by atoms with Crippen LogP contribution in [0.3, 0.4) is 0 Å². The lowest BCUT2D eigenvalue weighted by molar-refractivity contribution is -0.139. The highest BCUT2D eigenvalue weighted by atomic mass is 19.1. The number of carbonyl (C=O) groups is 1. The summed E-state index contributed by atoms with van der Waals surface area (Å²) in [7, 11) is 0. The van der Waals surface area contributed by atoms with E-state index < -0.39 is 24.6 Å². The van der Waals surface area contributed by atoms with Crippen LogP contribution in [0.4, 0.5) is 4.39 Å². The van der Waals surface area contributed by atoms with Gasteiger partial charge in [-0.2, -0.15) is 0 Å². The number of carboxylic acids is 1. The zero-order chi connectivity index (χ0) is 23.3. The van der Waals surface area contributed by atoms with Crippen molar-refractivity contribution in [1.82, 2.24) is 4.57 Å². The maximum absolute atomic E-state index is 13.6. The molecule has 174 valence electrons. The number of hydrogen-bond acceptors (Lipinski definition) is 3. The van der Waals surface area contributed by atoms with E-state index in [0.29, 0.717) is 6.04 Å². The van der Waals surface area contributed by atoms with Gasteiger partial charge in [0.2, 0.25) is 0 Å². The van der Waals surface area contributed by atoms with Crippen molar-refractivity contribution in [3.8, 4) is 11.1 Å². The van der Waals surface area contributed by atoms with Crippen LogP contribution in [-0.2, 0) is 4.79 Å². The number of aromatic nitrogens is 1. The molecule has 0 saturated heterocycles. The number of aliphatic hydroxyl groups is 2. The topological polar surface area (TPSA) is 82.7 Å².